The lowest BCUT2D eigenvalue weighted by atomic mass is 9.88. The summed E-state index contributed by atoms with van der Waals surface area (Å²) in [6.45, 7) is 2.25. The predicted molar refractivity (Wildman–Crippen MR) is 96.9 cm³/mol. The number of methoxy groups -OCH3 is 2. The Hall–Kier alpha value is -2.86. The summed E-state index contributed by atoms with van der Waals surface area (Å²) in [6, 6.07) is 11.8. The topological polar surface area (TPSA) is 76.1 Å². The van der Waals surface area contributed by atoms with Gasteiger partial charge in [0.05, 0.1) is 26.3 Å². The Bertz CT molecular complexity index is 863. The molecule has 2 aromatic carbocycles. The van der Waals surface area contributed by atoms with Gasteiger partial charge in [-0.1, -0.05) is 18.2 Å². The number of benzene rings is 2. The Morgan fingerprint density at radius 1 is 1.12 bits per heavy atom. The van der Waals surface area contributed by atoms with Crippen LogP contribution in [-0.4, -0.2) is 37.6 Å². The summed E-state index contributed by atoms with van der Waals surface area (Å²) in [6.07, 6.45) is -0.338. The summed E-state index contributed by atoms with van der Waals surface area (Å²) in [5, 5.41) is 11.1. The van der Waals surface area contributed by atoms with Gasteiger partial charge < -0.3 is 19.5 Å². The van der Waals surface area contributed by atoms with Gasteiger partial charge in [-0.25, -0.2) is 0 Å². The number of carbonyl (C=O) groups is 2. The van der Waals surface area contributed by atoms with E-state index >= 15 is 0 Å². The first-order valence-corrected chi connectivity index (χ1v) is 8.35. The van der Waals surface area contributed by atoms with Crippen LogP contribution in [0.2, 0.25) is 0 Å². The normalized spacial score (nSPS) is 18.6. The van der Waals surface area contributed by atoms with Gasteiger partial charge in [-0.2, -0.15) is 0 Å². The molecule has 6 heteroatoms. The van der Waals surface area contributed by atoms with Crippen molar-refractivity contribution in [3.8, 4) is 11.5 Å². The Labute approximate surface area is 152 Å². The Kier molecular flexibility index (Phi) is 4.70. The van der Waals surface area contributed by atoms with Crippen molar-refractivity contribution in [2.24, 2.45) is 0 Å². The van der Waals surface area contributed by atoms with Crippen LogP contribution >= 0.6 is 0 Å². The van der Waals surface area contributed by atoms with Crippen molar-refractivity contribution in [1.29, 1.82) is 0 Å². The third-order valence-electron chi connectivity index (χ3n) is 4.68. The predicted octanol–water partition coefficient (Wildman–Crippen LogP) is 2.53. The number of ketones is 1. The molecule has 6 nitrogen and oxygen atoms in total. The molecule has 0 saturated carbocycles. The number of para-hydroxylation sites is 1. The fraction of sp³-hybridized carbons (Fsp3) is 0.300. The molecule has 0 unspecified atom stereocenters. The van der Waals surface area contributed by atoms with E-state index in [1.807, 2.05) is 6.92 Å². The number of nitrogens with zero attached hydrogens (tertiary/aromatic N) is 1. The monoisotopic (exact) mass is 355 g/mol. The number of carbonyl (C=O) groups excluding carboxylic acids is 2. The van der Waals surface area contributed by atoms with Crippen LogP contribution in [0.1, 0.15) is 29.3 Å². The highest BCUT2D eigenvalue weighted by atomic mass is 16.5. The summed E-state index contributed by atoms with van der Waals surface area (Å²) >= 11 is 0. The van der Waals surface area contributed by atoms with Crippen LogP contribution in [0.5, 0.6) is 11.5 Å². The summed E-state index contributed by atoms with van der Waals surface area (Å²) in [7, 11) is 2.99. The lowest BCUT2D eigenvalue weighted by Gasteiger charge is -2.22. The SMILES string of the molecule is CCN1C(=O)[C@](O)(CC(=O)c2ccc(OC)c(OC)c2)c2ccccc21. The van der Waals surface area contributed by atoms with Crippen LogP contribution in [0.3, 0.4) is 0 Å². The second kappa shape index (κ2) is 6.80. The van der Waals surface area contributed by atoms with Crippen LogP contribution in [0.15, 0.2) is 42.5 Å². The van der Waals surface area contributed by atoms with Gasteiger partial charge in [-0.05, 0) is 31.2 Å². The van der Waals surface area contributed by atoms with Gasteiger partial charge in [0.2, 0.25) is 0 Å². The average molecular weight is 355 g/mol. The fourth-order valence-corrected chi connectivity index (χ4v) is 3.34. The molecule has 1 amide bonds. The smallest absolute Gasteiger partial charge is 0.264 e. The van der Waals surface area contributed by atoms with Crippen molar-refractivity contribution >= 4 is 17.4 Å². The molecule has 1 atom stereocenters. The lowest BCUT2D eigenvalue weighted by Crippen LogP contribution is -2.41. The molecule has 0 aliphatic carbocycles. The highest BCUT2D eigenvalue weighted by Crippen LogP contribution is 2.42. The summed E-state index contributed by atoms with van der Waals surface area (Å²) in [4.78, 5) is 27.1. The van der Waals surface area contributed by atoms with E-state index in [1.54, 1.807) is 42.5 Å². The first kappa shape index (κ1) is 17.9. The zero-order valence-electron chi connectivity index (χ0n) is 15.0. The number of likely N-dealkylation sites (N-methyl/N-ethyl adjacent to an activating group) is 1. The third kappa shape index (κ3) is 2.72. The number of ether oxygens (including phenoxy) is 2. The average Bonchev–Trinajstić information content (AvgIpc) is 2.88. The van der Waals surface area contributed by atoms with E-state index < -0.39 is 11.5 Å². The van der Waals surface area contributed by atoms with E-state index in [-0.39, 0.29) is 12.2 Å². The van der Waals surface area contributed by atoms with E-state index in [1.165, 1.54) is 19.1 Å². The molecule has 1 N–H and O–H groups in total. The molecule has 0 fully saturated rings. The zero-order chi connectivity index (χ0) is 18.9. The van der Waals surface area contributed by atoms with Gasteiger partial charge in [0, 0.05) is 17.7 Å². The minimum absolute atomic E-state index is 0.338. The molecule has 0 bridgehead atoms. The fourth-order valence-electron chi connectivity index (χ4n) is 3.34. The molecule has 0 spiro atoms. The number of fused-ring (bicyclic) bond motifs is 1. The maximum Gasteiger partial charge on any atom is 0.264 e. The van der Waals surface area contributed by atoms with Crippen molar-refractivity contribution in [1.82, 2.24) is 0 Å². The van der Waals surface area contributed by atoms with Crippen LogP contribution < -0.4 is 14.4 Å². The van der Waals surface area contributed by atoms with E-state index in [0.717, 1.165) is 0 Å². The summed E-state index contributed by atoms with van der Waals surface area (Å²) in [5.74, 6) is 0.0884. The number of aliphatic hydroxyl groups is 1. The number of hydrogen-bond donors (Lipinski definition) is 1. The molecule has 1 aliphatic heterocycles. The summed E-state index contributed by atoms with van der Waals surface area (Å²) in [5.41, 5.74) is -0.420. The van der Waals surface area contributed by atoms with E-state index in [0.29, 0.717) is 34.9 Å². The number of rotatable bonds is 6. The molecule has 0 saturated heterocycles. The molecule has 26 heavy (non-hydrogen) atoms. The van der Waals surface area contributed by atoms with Crippen LogP contribution in [0.25, 0.3) is 0 Å². The maximum atomic E-state index is 12.8. The van der Waals surface area contributed by atoms with Gasteiger partial charge in [-0.3, -0.25) is 9.59 Å². The minimum atomic E-state index is -1.86. The molecule has 0 aromatic heterocycles. The van der Waals surface area contributed by atoms with Crippen molar-refractivity contribution < 1.29 is 24.2 Å². The van der Waals surface area contributed by atoms with Crippen LogP contribution in [0.4, 0.5) is 5.69 Å². The number of anilines is 1. The van der Waals surface area contributed by atoms with Gasteiger partial charge >= 0.3 is 0 Å². The highest BCUT2D eigenvalue weighted by Gasteiger charge is 2.50. The van der Waals surface area contributed by atoms with E-state index in [2.05, 4.69) is 0 Å². The second-order valence-electron chi connectivity index (χ2n) is 6.10. The number of Topliss-reactive ketones (excluding diaryl/α,β-unsaturated/α-hetero) is 1. The molecule has 0 radical (unpaired) electrons. The quantitative estimate of drug-likeness (QED) is 0.806. The Morgan fingerprint density at radius 2 is 1.81 bits per heavy atom. The van der Waals surface area contributed by atoms with Crippen molar-refractivity contribution in [3.63, 3.8) is 0 Å². The van der Waals surface area contributed by atoms with Gasteiger partial charge in [0.15, 0.2) is 22.9 Å². The number of amides is 1. The first-order valence-electron chi connectivity index (χ1n) is 8.35. The first-order chi connectivity index (χ1) is 12.5. The third-order valence-corrected chi connectivity index (χ3v) is 4.68. The summed E-state index contributed by atoms with van der Waals surface area (Å²) < 4.78 is 10.4. The molecular formula is C20H21NO5. The Morgan fingerprint density at radius 3 is 2.46 bits per heavy atom. The largest absolute Gasteiger partial charge is 0.493 e. The Balaban J connectivity index is 1.95. The highest BCUT2D eigenvalue weighted by molar-refractivity contribution is 6.10. The van der Waals surface area contributed by atoms with Crippen LogP contribution in [-0.2, 0) is 10.4 Å². The van der Waals surface area contributed by atoms with E-state index in [4.69, 9.17) is 9.47 Å². The van der Waals surface area contributed by atoms with Crippen molar-refractivity contribution in [3.05, 3.63) is 53.6 Å². The van der Waals surface area contributed by atoms with Crippen molar-refractivity contribution in [2.45, 2.75) is 18.9 Å². The molecule has 3 rings (SSSR count). The minimum Gasteiger partial charge on any atom is -0.493 e. The van der Waals surface area contributed by atoms with E-state index in [9.17, 15) is 14.7 Å². The lowest BCUT2D eigenvalue weighted by molar-refractivity contribution is -0.135. The second-order valence-corrected chi connectivity index (χ2v) is 6.10. The van der Waals surface area contributed by atoms with Gasteiger partial charge in [-0.15, -0.1) is 0 Å². The van der Waals surface area contributed by atoms with Gasteiger partial charge in [0.25, 0.3) is 5.91 Å². The maximum absolute atomic E-state index is 12.8. The van der Waals surface area contributed by atoms with Crippen LogP contribution in [0, 0.1) is 0 Å². The molecule has 136 valence electrons. The molecule has 1 aliphatic rings. The molecule has 1 heterocycles. The standard InChI is InChI=1S/C20H21NO5/c1-4-21-15-8-6-5-7-14(15)20(24,19(21)23)12-16(22)13-9-10-17(25-2)18(11-13)26-3/h5-11,24H,4,12H2,1-3H3/t20-/m0/s1. The van der Waals surface area contributed by atoms with Crippen molar-refractivity contribution in [2.75, 3.05) is 25.7 Å². The zero-order valence-corrected chi connectivity index (χ0v) is 15.0. The molecular weight excluding hydrogens is 334 g/mol. The van der Waals surface area contributed by atoms with Gasteiger partial charge in [0.1, 0.15) is 0 Å². The molecule has 2 aromatic rings. The number of hydrogen-bond acceptors (Lipinski definition) is 5.